The number of benzene rings is 1. The van der Waals surface area contributed by atoms with Crippen LogP contribution in [0.2, 0.25) is 0 Å². The van der Waals surface area contributed by atoms with Gasteiger partial charge in [-0.3, -0.25) is 4.99 Å². The molecule has 0 saturated heterocycles. The molecule has 2 rings (SSSR count). The number of para-hydroxylation sites is 1. The Labute approximate surface area is 98.1 Å². The summed E-state index contributed by atoms with van der Waals surface area (Å²) in [5, 5.41) is 0. The van der Waals surface area contributed by atoms with Gasteiger partial charge < -0.3 is 10.6 Å². The summed E-state index contributed by atoms with van der Waals surface area (Å²) in [6.07, 6.45) is 0. The van der Waals surface area contributed by atoms with Crippen LogP contribution in [0.25, 0.3) is 0 Å². The zero-order valence-corrected chi connectivity index (χ0v) is 10.5. The Morgan fingerprint density at radius 1 is 1.40 bits per heavy atom. The maximum absolute atomic E-state index is 5.91. The van der Waals surface area contributed by atoms with E-state index in [9.17, 15) is 0 Å². The van der Waals surface area contributed by atoms with E-state index >= 15 is 0 Å². The maximum Gasteiger partial charge on any atom is 0.196 e. The molecule has 0 bridgehead atoms. The van der Waals surface area contributed by atoms with Crippen LogP contribution in [0.5, 0.6) is 0 Å². The van der Waals surface area contributed by atoms with Crippen LogP contribution in [0.3, 0.4) is 0 Å². The van der Waals surface area contributed by atoms with Crippen LogP contribution in [0.4, 0.5) is 5.69 Å². The van der Waals surface area contributed by atoms with Gasteiger partial charge >= 0.3 is 0 Å². The van der Waals surface area contributed by atoms with E-state index in [-0.39, 0.29) is 5.54 Å². The van der Waals surface area contributed by atoms with E-state index in [2.05, 4.69) is 39.7 Å². The molecule has 0 amide bonds. The van der Waals surface area contributed by atoms with E-state index in [0.29, 0.717) is 5.96 Å². The molecule has 1 aromatic rings. The lowest BCUT2D eigenvalue weighted by atomic mass is 10.0. The third-order valence-electron chi connectivity index (χ3n) is 2.56. The topological polar surface area (TPSA) is 41.6 Å². The number of guanidine groups is 1. The highest BCUT2D eigenvalue weighted by atomic mass is 79.9. The van der Waals surface area contributed by atoms with Gasteiger partial charge in [-0.15, -0.1) is 0 Å². The van der Waals surface area contributed by atoms with Gasteiger partial charge in [-0.1, -0.05) is 12.1 Å². The summed E-state index contributed by atoms with van der Waals surface area (Å²) in [5.41, 5.74) is 6.93. The molecule has 80 valence electrons. The second kappa shape index (κ2) is 3.52. The van der Waals surface area contributed by atoms with Gasteiger partial charge in [0.1, 0.15) is 0 Å². The zero-order valence-electron chi connectivity index (χ0n) is 8.87. The SMILES string of the molecule is CC1(C)CN=C(N)N1c1ccccc1Br. The fourth-order valence-electron chi connectivity index (χ4n) is 1.81. The molecular weight excluding hydrogens is 254 g/mol. The minimum Gasteiger partial charge on any atom is -0.369 e. The number of anilines is 1. The molecular formula is C11H14BrN3. The largest absolute Gasteiger partial charge is 0.369 e. The molecule has 15 heavy (non-hydrogen) atoms. The molecule has 1 aromatic carbocycles. The van der Waals surface area contributed by atoms with Gasteiger partial charge in [-0.05, 0) is 41.9 Å². The van der Waals surface area contributed by atoms with Gasteiger partial charge in [-0.2, -0.15) is 0 Å². The second-order valence-corrected chi connectivity index (χ2v) is 5.13. The molecule has 3 nitrogen and oxygen atoms in total. The number of rotatable bonds is 1. The van der Waals surface area contributed by atoms with Crippen molar-refractivity contribution < 1.29 is 0 Å². The van der Waals surface area contributed by atoms with E-state index in [1.54, 1.807) is 0 Å². The van der Waals surface area contributed by atoms with Gasteiger partial charge in [0.2, 0.25) is 0 Å². The number of aliphatic imine (C=N–C) groups is 1. The van der Waals surface area contributed by atoms with Crippen molar-refractivity contribution in [2.24, 2.45) is 10.7 Å². The van der Waals surface area contributed by atoms with Crippen molar-refractivity contribution in [3.63, 3.8) is 0 Å². The third-order valence-corrected chi connectivity index (χ3v) is 3.23. The Morgan fingerprint density at radius 2 is 2.07 bits per heavy atom. The lowest BCUT2D eigenvalue weighted by molar-refractivity contribution is 0.556. The van der Waals surface area contributed by atoms with Crippen LogP contribution >= 0.6 is 15.9 Å². The average Bonchev–Trinajstić information content (AvgIpc) is 2.43. The Kier molecular flexibility index (Phi) is 2.46. The predicted octanol–water partition coefficient (Wildman–Crippen LogP) is 2.36. The third kappa shape index (κ3) is 1.74. The molecule has 0 spiro atoms. The first-order chi connectivity index (χ1) is 7.02. The van der Waals surface area contributed by atoms with Crippen LogP contribution in [0.15, 0.2) is 33.7 Å². The first kappa shape index (κ1) is 10.5. The van der Waals surface area contributed by atoms with Crippen LogP contribution in [-0.4, -0.2) is 18.0 Å². The van der Waals surface area contributed by atoms with Crippen LogP contribution in [0, 0.1) is 0 Å². The van der Waals surface area contributed by atoms with Crippen molar-refractivity contribution in [3.05, 3.63) is 28.7 Å². The maximum atomic E-state index is 5.91. The summed E-state index contributed by atoms with van der Waals surface area (Å²) in [4.78, 5) is 6.35. The Balaban J connectivity index is 2.47. The molecule has 0 radical (unpaired) electrons. The zero-order chi connectivity index (χ0) is 11.1. The van der Waals surface area contributed by atoms with Crippen LogP contribution < -0.4 is 10.6 Å². The molecule has 0 fully saturated rings. The highest BCUT2D eigenvalue weighted by Crippen LogP contribution is 2.33. The van der Waals surface area contributed by atoms with Crippen LogP contribution in [-0.2, 0) is 0 Å². The number of hydrogen-bond acceptors (Lipinski definition) is 3. The second-order valence-electron chi connectivity index (χ2n) is 4.27. The van der Waals surface area contributed by atoms with E-state index in [0.717, 1.165) is 16.7 Å². The number of nitrogens with two attached hydrogens (primary N) is 1. The minimum absolute atomic E-state index is 0.0477. The van der Waals surface area contributed by atoms with Gasteiger partial charge in [0, 0.05) is 4.47 Å². The summed E-state index contributed by atoms with van der Waals surface area (Å²) in [6, 6.07) is 8.04. The van der Waals surface area contributed by atoms with Crippen LogP contribution in [0.1, 0.15) is 13.8 Å². The predicted molar refractivity (Wildman–Crippen MR) is 67.2 cm³/mol. The highest BCUT2D eigenvalue weighted by Gasteiger charge is 2.35. The minimum atomic E-state index is -0.0477. The van der Waals surface area contributed by atoms with Crippen molar-refractivity contribution in [2.75, 3.05) is 11.4 Å². The Hall–Kier alpha value is -1.03. The molecule has 0 atom stereocenters. The number of nitrogens with zero attached hydrogens (tertiary/aromatic N) is 2. The molecule has 2 N–H and O–H groups in total. The summed E-state index contributed by atoms with van der Waals surface area (Å²) in [5.74, 6) is 0.590. The Bertz CT molecular complexity index is 412. The highest BCUT2D eigenvalue weighted by molar-refractivity contribution is 9.10. The summed E-state index contributed by atoms with van der Waals surface area (Å²) in [7, 11) is 0. The molecule has 4 heteroatoms. The average molecular weight is 268 g/mol. The molecule has 0 unspecified atom stereocenters. The normalized spacial score (nSPS) is 19.1. The van der Waals surface area contributed by atoms with E-state index < -0.39 is 0 Å². The summed E-state index contributed by atoms with van der Waals surface area (Å²) < 4.78 is 1.04. The Morgan fingerprint density at radius 3 is 2.60 bits per heavy atom. The van der Waals surface area contributed by atoms with E-state index in [4.69, 9.17) is 5.73 Å². The fourth-order valence-corrected chi connectivity index (χ4v) is 2.27. The molecule has 1 heterocycles. The molecule has 1 aliphatic rings. The van der Waals surface area contributed by atoms with Crippen molar-refractivity contribution >= 4 is 27.6 Å². The summed E-state index contributed by atoms with van der Waals surface area (Å²) >= 11 is 3.53. The van der Waals surface area contributed by atoms with Gasteiger partial charge in [-0.25, -0.2) is 0 Å². The standard InChI is InChI=1S/C11H14BrN3/c1-11(2)7-14-10(13)15(11)9-6-4-3-5-8(9)12/h3-6H,7H2,1-2H3,(H2,13,14). The van der Waals surface area contributed by atoms with Gasteiger partial charge in [0.25, 0.3) is 0 Å². The molecule has 1 aliphatic heterocycles. The fraction of sp³-hybridized carbons (Fsp3) is 0.364. The van der Waals surface area contributed by atoms with Gasteiger partial charge in [0.05, 0.1) is 17.8 Å². The van der Waals surface area contributed by atoms with Crippen molar-refractivity contribution in [2.45, 2.75) is 19.4 Å². The molecule has 0 aromatic heterocycles. The molecule has 0 saturated carbocycles. The quantitative estimate of drug-likeness (QED) is 0.849. The van der Waals surface area contributed by atoms with Crippen molar-refractivity contribution in [1.82, 2.24) is 0 Å². The number of hydrogen-bond donors (Lipinski definition) is 1. The summed E-state index contributed by atoms with van der Waals surface area (Å²) in [6.45, 7) is 5.01. The lowest BCUT2D eigenvalue weighted by Gasteiger charge is -2.33. The smallest absolute Gasteiger partial charge is 0.196 e. The van der Waals surface area contributed by atoms with Crippen molar-refractivity contribution in [3.8, 4) is 0 Å². The molecule has 0 aliphatic carbocycles. The van der Waals surface area contributed by atoms with Gasteiger partial charge in [0.15, 0.2) is 5.96 Å². The lowest BCUT2D eigenvalue weighted by Crippen LogP contribution is -2.47. The van der Waals surface area contributed by atoms with E-state index in [1.807, 2.05) is 24.3 Å². The first-order valence-electron chi connectivity index (χ1n) is 4.87. The monoisotopic (exact) mass is 267 g/mol. The van der Waals surface area contributed by atoms with Crippen molar-refractivity contribution in [1.29, 1.82) is 0 Å². The first-order valence-corrected chi connectivity index (χ1v) is 5.66. The number of halogens is 1. The van der Waals surface area contributed by atoms with E-state index in [1.165, 1.54) is 0 Å².